The number of hydrogen-bond acceptors (Lipinski definition) is 3. The van der Waals surface area contributed by atoms with E-state index in [4.69, 9.17) is 5.73 Å². The van der Waals surface area contributed by atoms with Crippen LogP contribution in [0.15, 0.2) is 24.3 Å². The average Bonchev–Trinajstić information content (AvgIpc) is 2.24. The summed E-state index contributed by atoms with van der Waals surface area (Å²) < 4.78 is 37.9. The fourth-order valence-corrected chi connectivity index (χ4v) is 1.32. The van der Waals surface area contributed by atoms with Crippen molar-refractivity contribution in [2.45, 2.75) is 6.18 Å². The Morgan fingerprint density at radius 3 is 2.53 bits per heavy atom. The minimum absolute atomic E-state index is 0.00332. The van der Waals surface area contributed by atoms with E-state index in [2.05, 4.69) is 0 Å². The van der Waals surface area contributed by atoms with E-state index in [0.29, 0.717) is 0 Å². The van der Waals surface area contributed by atoms with Gasteiger partial charge in [-0.3, -0.25) is 10.1 Å². The Morgan fingerprint density at radius 1 is 1.41 bits per heavy atom. The monoisotopic (exact) mass is 246 g/mol. The molecule has 1 aromatic carbocycles. The van der Waals surface area contributed by atoms with Gasteiger partial charge in [-0.25, -0.2) is 0 Å². The van der Waals surface area contributed by atoms with Gasteiger partial charge in [0.2, 0.25) is 0 Å². The largest absolute Gasteiger partial charge is 0.417 e. The summed E-state index contributed by atoms with van der Waals surface area (Å²) in [5.41, 5.74) is 3.01. The first-order valence-corrected chi connectivity index (χ1v) is 4.59. The molecule has 0 saturated heterocycles. The molecule has 0 aliphatic heterocycles. The van der Waals surface area contributed by atoms with Crippen LogP contribution in [0.2, 0.25) is 0 Å². The molecule has 0 spiro atoms. The molecule has 0 saturated carbocycles. The number of nitro groups is 1. The maximum Gasteiger partial charge on any atom is 0.417 e. The SMILES string of the molecule is NCC=Cc1c([N+](=O)[O-])cccc1C(F)(F)F. The summed E-state index contributed by atoms with van der Waals surface area (Å²) in [6.07, 6.45) is -2.39. The molecule has 0 radical (unpaired) electrons. The molecule has 0 unspecified atom stereocenters. The van der Waals surface area contributed by atoms with Crippen molar-refractivity contribution in [1.82, 2.24) is 0 Å². The first kappa shape index (κ1) is 13.2. The minimum atomic E-state index is -4.64. The van der Waals surface area contributed by atoms with Crippen LogP contribution >= 0.6 is 0 Å². The van der Waals surface area contributed by atoms with E-state index < -0.39 is 27.9 Å². The predicted octanol–water partition coefficient (Wildman–Crippen LogP) is 2.59. The van der Waals surface area contributed by atoms with Crippen molar-refractivity contribution in [1.29, 1.82) is 0 Å². The fraction of sp³-hybridized carbons (Fsp3) is 0.200. The van der Waals surface area contributed by atoms with Gasteiger partial charge in [0.25, 0.3) is 5.69 Å². The molecule has 0 bridgehead atoms. The smallest absolute Gasteiger partial charge is 0.327 e. The zero-order chi connectivity index (χ0) is 13.1. The zero-order valence-corrected chi connectivity index (χ0v) is 8.57. The number of halogens is 3. The summed E-state index contributed by atoms with van der Waals surface area (Å²) in [5.74, 6) is 0. The highest BCUT2D eigenvalue weighted by atomic mass is 19.4. The first-order valence-electron chi connectivity index (χ1n) is 4.59. The van der Waals surface area contributed by atoms with Gasteiger partial charge in [0.05, 0.1) is 16.1 Å². The summed E-state index contributed by atoms with van der Waals surface area (Å²) in [5, 5.41) is 10.6. The topological polar surface area (TPSA) is 69.2 Å². The number of benzene rings is 1. The Hall–Kier alpha value is -1.89. The van der Waals surface area contributed by atoms with Gasteiger partial charge in [0.15, 0.2) is 0 Å². The molecular formula is C10H9F3N2O2. The molecule has 0 aromatic heterocycles. The van der Waals surface area contributed by atoms with Crippen molar-refractivity contribution in [3.63, 3.8) is 0 Å². The van der Waals surface area contributed by atoms with Crippen molar-refractivity contribution >= 4 is 11.8 Å². The van der Waals surface area contributed by atoms with Gasteiger partial charge in [-0.2, -0.15) is 13.2 Å². The van der Waals surface area contributed by atoms with Crippen LogP contribution in [-0.2, 0) is 6.18 Å². The number of hydrogen-bond donors (Lipinski definition) is 1. The lowest BCUT2D eigenvalue weighted by molar-refractivity contribution is -0.385. The highest BCUT2D eigenvalue weighted by Crippen LogP contribution is 2.36. The van der Waals surface area contributed by atoms with Crippen molar-refractivity contribution in [3.8, 4) is 0 Å². The average molecular weight is 246 g/mol. The normalized spacial score (nSPS) is 12.0. The molecule has 0 atom stereocenters. The second-order valence-electron chi connectivity index (χ2n) is 3.13. The van der Waals surface area contributed by atoms with E-state index in [1.54, 1.807) is 0 Å². The summed E-state index contributed by atoms with van der Waals surface area (Å²) in [4.78, 5) is 9.78. The van der Waals surface area contributed by atoms with Crippen LogP contribution in [0.25, 0.3) is 6.08 Å². The Balaban J connectivity index is 3.45. The van der Waals surface area contributed by atoms with E-state index >= 15 is 0 Å². The Bertz CT molecular complexity index is 455. The van der Waals surface area contributed by atoms with E-state index in [1.165, 1.54) is 6.08 Å². The van der Waals surface area contributed by atoms with Crippen molar-refractivity contribution in [2.75, 3.05) is 6.54 Å². The number of rotatable bonds is 3. The molecular weight excluding hydrogens is 237 g/mol. The van der Waals surface area contributed by atoms with E-state index in [9.17, 15) is 23.3 Å². The second-order valence-corrected chi connectivity index (χ2v) is 3.13. The number of nitrogens with two attached hydrogens (primary N) is 1. The molecule has 0 fully saturated rings. The lowest BCUT2D eigenvalue weighted by atomic mass is 10.0. The molecule has 0 amide bonds. The molecule has 1 rings (SSSR count). The molecule has 1 aromatic rings. The molecule has 0 heterocycles. The molecule has 7 heteroatoms. The lowest BCUT2D eigenvalue weighted by Crippen LogP contribution is -2.09. The molecule has 2 N–H and O–H groups in total. The van der Waals surface area contributed by atoms with Gasteiger partial charge in [-0.15, -0.1) is 0 Å². The molecule has 17 heavy (non-hydrogen) atoms. The second kappa shape index (κ2) is 4.96. The van der Waals surface area contributed by atoms with E-state index in [-0.39, 0.29) is 6.54 Å². The van der Waals surface area contributed by atoms with Gasteiger partial charge in [0, 0.05) is 12.6 Å². The van der Waals surface area contributed by atoms with E-state index in [1.807, 2.05) is 0 Å². The predicted molar refractivity (Wildman–Crippen MR) is 56.2 cm³/mol. The Morgan fingerprint density at radius 2 is 2.06 bits per heavy atom. The quantitative estimate of drug-likeness (QED) is 0.658. The molecule has 0 aliphatic carbocycles. The zero-order valence-electron chi connectivity index (χ0n) is 8.57. The summed E-state index contributed by atoms with van der Waals surface area (Å²) in [6, 6.07) is 2.81. The van der Waals surface area contributed by atoms with Crippen LogP contribution in [0.1, 0.15) is 11.1 Å². The highest BCUT2D eigenvalue weighted by molar-refractivity contribution is 5.65. The minimum Gasteiger partial charge on any atom is -0.327 e. The lowest BCUT2D eigenvalue weighted by Gasteiger charge is -2.10. The summed E-state index contributed by atoms with van der Waals surface area (Å²) in [7, 11) is 0. The Labute approximate surface area is 94.7 Å². The van der Waals surface area contributed by atoms with Crippen LogP contribution in [0, 0.1) is 10.1 Å². The maximum atomic E-state index is 12.6. The van der Waals surface area contributed by atoms with E-state index in [0.717, 1.165) is 24.3 Å². The van der Waals surface area contributed by atoms with Crippen LogP contribution in [0.3, 0.4) is 0 Å². The van der Waals surface area contributed by atoms with Gasteiger partial charge in [-0.1, -0.05) is 18.2 Å². The third-order valence-electron chi connectivity index (χ3n) is 2.01. The standard InChI is InChI=1S/C10H9F3N2O2/c11-10(12,13)8-4-1-5-9(15(16)17)7(8)3-2-6-14/h1-5H,6,14H2. The van der Waals surface area contributed by atoms with Gasteiger partial charge < -0.3 is 5.73 Å². The van der Waals surface area contributed by atoms with Gasteiger partial charge >= 0.3 is 6.18 Å². The summed E-state index contributed by atoms with van der Waals surface area (Å²) >= 11 is 0. The van der Waals surface area contributed by atoms with Crippen LogP contribution < -0.4 is 5.73 Å². The summed E-state index contributed by atoms with van der Waals surface area (Å²) in [6.45, 7) is 0.00332. The van der Waals surface area contributed by atoms with Gasteiger partial charge in [-0.05, 0) is 6.07 Å². The molecule has 0 aliphatic rings. The number of alkyl halides is 3. The molecule has 4 nitrogen and oxygen atoms in total. The first-order chi connectivity index (χ1) is 7.88. The third kappa shape index (κ3) is 3.04. The van der Waals surface area contributed by atoms with Crippen LogP contribution in [0.4, 0.5) is 18.9 Å². The highest BCUT2D eigenvalue weighted by Gasteiger charge is 2.35. The Kier molecular flexibility index (Phi) is 3.84. The van der Waals surface area contributed by atoms with Crippen LogP contribution in [-0.4, -0.2) is 11.5 Å². The van der Waals surface area contributed by atoms with Crippen LogP contribution in [0.5, 0.6) is 0 Å². The third-order valence-corrected chi connectivity index (χ3v) is 2.01. The van der Waals surface area contributed by atoms with Gasteiger partial charge in [0.1, 0.15) is 0 Å². The number of nitro benzene ring substituents is 1. The molecule has 92 valence electrons. The van der Waals surface area contributed by atoms with Crippen molar-refractivity contribution in [3.05, 3.63) is 45.5 Å². The fourth-order valence-electron chi connectivity index (χ4n) is 1.32. The van der Waals surface area contributed by atoms with Crippen molar-refractivity contribution in [2.24, 2.45) is 5.73 Å². The van der Waals surface area contributed by atoms with Crippen molar-refractivity contribution < 1.29 is 18.1 Å². The maximum absolute atomic E-state index is 12.6. The number of nitrogens with zero attached hydrogens (tertiary/aromatic N) is 1.